The molecule has 0 saturated carbocycles. The Labute approximate surface area is 147 Å². The first kappa shape index (κ1) is 17.2. The fraction of sp³-hybridized carbons (Fsp3) is 0.333. The molecule has 0 bridgehead atoms. The Morgan fingerprint density at radius 2 is 1.84 bits per heavy atom. The number of amides is 1. The highest BCUT2D eigenvalue weighted by molar-refractivity contribution is 5.87. The van der Waals surface area contributed by atoms with Crippen molar-refractivity contribution in [2.45, 2.75) is 38.0 Å². The van der Waals surface area contributed by atoms with Gasteiger partial charge in [-0.25, -0.2) is 4.79 Å². The monoisotopic (exact) mass is 337 g/mol. The summed E-state index contributed by atoms with van der Waals surface area (Å²) in [7, 11) is 0. The third-order valence-electron chi connectivity index (χ3n) is 4.86. The highest BCUT2D eigenvalue weighted by Crippen LogP contribution is 2.33. The quantitative estimate of drug-likeness (QED) is 0.847. The second-order valence-corrected chi connectivity index (χ2v) is 6.59. The molecule has 4 heteroatoms. The van der Waals surface area contributed by atoms with Crippen LogP contribution in [0.1, 0.15) is 52.2 Å². The minimum absolute atomic E-state index is 0.0869. The Kier molecular flexibility index (Phi) is 5.49. The zero-order valence-electron chi connectivity index (χ0n) is 14.2. The van der Waals surface area contributed by atoms with Crippen LogP contribution in [0.5, 0.6) is 0 Å². The van der Waals surface area contributed by atoms with Crippen LogP contribution in [0.15, 0.2) is 48.5 Å². The molecule has 3 rings (SSSR count). The molecule has 2 aromatic carbocycles. The average molecular weight is 337 g/mol. The van der Waals surface area contributed by atoms with E-state index >= 15 is 0 Å². The molecular formula is C21H23NO3. The van der Waals surface area contributed by atoms with E-state index in [4.69, 9.17) is 5.11 Å². The standard InChI is InChI=1S/C21H23NO3/c23-20(14-18-6-3-5-16-4-1-2-7-19(16)18)22-13-12-15-8-10-17(11-9-15)21(24)25/h1-2,4,7-11,18H,3,5-6,12-14H2,(H,22,23)(H,24,25). The summed E-state index contributed by atoms with van der Waals surface area (Å²) in [6, 6.07) is 15.2. The summed E-state index contributed by atoms with van der Waals surface area (Å²) < 4.78 is 0. The Morgan fingerprint density at radius 1 is 1.08 bits per heavy atom. The lowest BCUT2D eigenvalue weighted by atomic mass is 9.81. The first-order chi connectivity index (χ1) is 12.1. The van der Waals surface area contributed by atoms with Crippen molar-refractivity contribution in [1.82, 2.24) is 5.32 Å². The van der Waals surface area contributed by atoms with E-state index in [2.05, 4.69) is 29.6 Å². The molecule has 2 N–H and O–H groups in total. The minimum atomic E-state index is -0.924. The fourth-order valence-electron chi connectivity index (χ4n) is 3.52. The van der Waals surface area contributed by atoms with Crippen LogP contribution < -0.4 is 5.32 Å². The van der Waals surface area contributed by atoms with E-state index in [1.165, 1.54) is 11.1 Å². The molecule has 1 amide bonds. The highest BCUT2D eigenvalue weighted by Gasteiger charge is 2.21. The zero-order valence-corrected chi connectivity index (χ0v) is 14.2. The summed E-state index contributed by atoms with van der Waals surface area (Å²) in [4.78, 5) is 23.1. The average Bonchev–Trinajstić information content (AvgIpc) is 2.62. The predicted molar refractivity (Wildman–Crippen MR) is 96.9 cm³/mol. The van der Waals surface area contributed by atoms with Crippen LogP contribution in [0.3, 0.4) is 0 Å². The third-order valence-corrected chi connectivity index (χ3v) is 4.86. The zero-order chi connectivity index (χ0) is 17.6. The van der Waals surface area contributed by atoms with E-state index in [1.54, 1.807) is 24.3 Å². The molecule has 4 nitrogen and oxygen atoms in total. The van der Waals surface area contributed by atoms with Crippen LogP contribution in [-0.2, 0) is 17.6 Å². The normalized spacial score (nSPS) is 16.1. The molecule has 0 spiro atoms. The van der Waals surface area contributed by atoms with Crippen molar-refractivity contribution >= 4 is 11.9 Å². The van der Waals surface area contributed by atoms with Gasteiger partial charge < -0.3 is 10.4 Å². The molecule has 1 aliphatic rings. The summed E-state index contributed by atoms with van der Waals surface area (Å²) in [5, 5.41) is 11.9. The van der Waals surface area contributed by atoms with E-state index < -0.39 is 5.97 Å². The summed E-state index contributed by atoms with van der Waals surface area (Å²) in [5.74, 6) is -0.517. The number of rotatable bonds is 6. The van der Waals surface area contributed by atoms with Crippen molar-refractivity contribution in [3.8, 4) is 0 Å². The highest BCUT2D eigenvalue weighted by atomic mass is 16.4. The smallest absolute Gasteiger partial charge is 0.335 e. The molecule has 130 valence electrons. The predicted octanol–water partition coefficient (Wildman–Crippen LogP) is 3.55. The van der Waals surface area contributed by atoms with Gasteiger partial charge in [-0.3, -0.25) is 4.79 Å². The van der Waals surface area contributed by atoms with Crippen LogP contribution in [0.2, 0.25) is 0 Å². The van der Waals surface area contributed by atoms with Crippen LogP contribution in [-0.4, -0.2) is 23.5 Å². The Balaban J connectivity index is 1.48. The van der Waals surface area contributed by atoms with Gasteiger partial charge >= 0.3 is 5.97 Å². The van der Waals surface area contributed by atoms with Crippen molar-refractivity contribution in [2.75, 3.05) is 6.54 Å². The molecule has 1 aliphatic carbocycles. The van der Waals surface area contributed by atoms with E-state index in [0.29, 0.717) is 25.3 Å². The van der Waals surface area contributed by atoms with Gasteiger partial charge in [0.1, 0.15) is 0 Å². The lowest BCUT2D eigenvalue weighted by Crippen LogP contribution is -2.28. The van der Waals surface area contributed by atoms with Crippen LogP contribution in [0, 0.1) is 0 Å². The second-order valence-electron chi connectivity index (χ2n) is 6.59. The van der Waals surface area contributed by atoms with Gasteiger partial charge in [-0.1, -0.05) is 36.4 Å². The number of aromatic carboxylic acids is 1. The first-order valence-electron chi connectivity index (χ1n) is 8.80. The number of aryl methyl sites for hydroxylation is 1. The van der Waals surface area contributed by atoms with Gasteiger partial charge in [0.05, 0.1) is 5.56 Å². The maximum absolute atomic E-state index is 12.3. The number of carboxylic acids is 1. The number of fused-ring (bicyclic) bond motifs is 1. The molecule has 0 saturated heterocycles. The second kappa shape index (κ2) is 7.97. The van der Waals surface area contributed by atoms with E-state index in [9.17, 15) is 9.59 Å². The van der Waals surface area contributed by atoms with Crippen LogP contribution in [0.4, 0.5) is 0 Å². The van der Waals surface area contributed by atoms with E-state index in [-0.39, 0.29) is 11.5 Å². The lowest BCUT2D eigenvalue weighted by Gasteiger charge is -2.25. The molecule has 0 aliphatic heterocycles. The number of carbonyl (C=O) groups is 2. The van der Waals surface area contributed by atoms with Crippen LogP contribution in [0.25, 0.3) is 0 Å². The lowest BCUT2D eigenvalue weighted by molar-refractivity contribution is -0.121. The van der Waals surface area contributed by atoms with Crippen LogP contribution >= 0.6 is 0 Å². The molecule has 0 aromatic heterocycles. The van der Waals surface area contributed by atoms with Gasteiger partial charge in [0.25, 0.3) is 0 Å². The molecule has 0 fully saturated rings. The summed E-state index contributed by atoms with van der Waals surface area (Å²) in [6.07, 6.45) is 4.56. The number of carbonyl (C=O) groups excluding carboxylic acids is 1. The van der Waals surface area contributed by atoms with Gasteiger partial charge in [-0.05, 0) is 60.4 Å². The number of benzene rings is 2. The van der Waals surface area contributed by atoms with Crippen molar-refractivity contribution in [3.63, 3.8) is 0 Å². The first-order valence-corrected chi connectivity index (χ1v) is 8.80. The Bertz CT molecular complexity index is 752. The van der Waals surface area contributed by atoms with Crippen molar-refractivity contribution in [2.24, 2.45) is 0 Å². The van der Waals surface area contributed by atoms with Gasteiger partial charge in [-0.2, -0.15) is 0 Å². The van der Waals surface area contributed by atoms with Gasteiger partial charge in [0, 0.05) is 13.0 Å². The maximum atomic E-state index is 12.3. The third kappa shape index (κ3) is 4.47. The van der Waals surface area contributed by atoms with Crippen molar-refractivity contribution in [3.05, 3.63) is 70.8 Å². The molecule has 25 heavy (non-hydrogen) atoms. The summed E-state index contributed by atoms with van der Waals surface area (Å²) >= 11 is 0. The van der Waals surface area contributed by atoms with Gasteiger partial charge in [0.15, 0.2) is 0 Å². The Hall–Kier alpha value is -2.62. The summed E-state index contributed by atoms with van der Waals surface area (Å²) in [5.41, 5.74) is 4.01. The van der Waals surface area contributed by atoms with Gasteiger partial charge in [0.2, 0.25) is 5.91 Å². The van der Waals surface area contributed by atoms with E-state index in [1.807, 2.05) is 0 Å². The number of carboxylic acid groups (broad SMARTS) is 1. The van der Waals surface area contributed by atoms with Crippen molar-refractivity contribution < 1.29 is 14.7 Å². The number of hydrogen-bond acceptors (Lipinski definition) is 2. The SMILES string of the molecule is O=C(CC1CCCc2ccccc21)NCCc1ccc(C(=O)O)cc1. The number of nitrogens with one attached hydrogen (secondary N) is 1. The largest absolute Gasteiger partial charge is 0.478 e. The fourth-order valence-corrected chi connectivity index (χ4v) is 3.52. The molecule has 2 aromatic rings. The Morgan fingerprint density at radius 3 is 2.60 bits per heavy atom. The minimum Gasteiger partial charge on any atom is -0.478 e. The number of hydrogen-bond donors (Lipinski definition) is 2. The molecule has 0 heterocycles. The van der Waals surface area contributed by atoms with Crippen molar-refractivity contribution in [1.29, 1.82) is 0 Å². The molecule has 1 atom stereocenters. The maximum Gasteiger partial charge on any atom is 0.335 e. The molecule has 1 unspecified atom stereocenters. The topological polar surface area (TPSA) is 66.4 Å². The van der Waals surface area contributed by atoms with Gasteiger partial charge in [-0.15, -0.1) is 0 Å². The van der Waals surface area contributed by atoms with E-state index in [0.717, 1.165) is 24.8 Å². The molecular weight excluding hydrogens is 314 g/mol. The molecule has 0 radical (unpaired) electrons. The summed E-state index contributed by atoms with van der Waals surface area (Å²) in [6.45, 7) is 0.569.